The highest BCUT2D eigenvalue weighted by Gasteiger charge is 2.21. The van der Waals surface area contributed by atoms with Crippen molar-refractivity contribution in [1.29, 1.82) is 0 Å². The molecule has 0 unspecified atom stereocenters. The maximum absolute atomic E-state index is 8.67. The lowest BCUT2D eigenvalue weighted by atomic mass is 10.2. The molecular weight excluding hydrogens is 92.1 g/mol. The average Bonchev–Trinajstić information content (AvgIpc) is 1.58. The molecule has 0 aromatic carbocycles. The van der Waals surface area contributed by atoms with Gasteiger partial charge in [-0.3, -0.25) is 5.43 Å². The van der Waals surface area contributed by atoms with Crippen LogP contribution in [0.5, 0.6) is 0 Å². The predicted molar refractivity (Wildman–Crippen MR) is 26.6 cm³/mol. The van der Waals surface area contributed by atoms with Gasteiger partial charge in [-0.15, -0.1) is 0 Å². The molecule has 42 valence electrons. The second kappa shape index (κ2) is 1.78. The van der Waals surface area contributed by atoms with Gasteiger partial charge >= 0.3 is 0 Å². The molecule has 2 N–H and O–H groups in total. The standard InChI is InChI=1S/C4H10N2O/c1-5-6-2-4(7)3-6/h4-5,7H,2-3H2,1H3. The minimum Gasteiger partial charge on any atom is -0.390 e. The average molecular weight is 102 g/mol. The van der Waals surface area contributed by atoms with E-state index in [1.807, 2.05) is 12.1 Å². The van der Waals surface area contributed by atoms with E-state index in [4.69, 9.17) is 5.11 Å². The summed E-state index contributed by atoms with van der Waals surface area (Å²) in [4.78, 5) is 0. The molecule has 0 spiro atoms. The summed E-state index contributed by atoms with van der Waals surface area (Å²) in [5.41, 5.74) is 2.91. The van der Waals surface area contributed by atoms with Crippen LogP contribution in [-0.2, 0) is 0 Å². The Hall–Kier alpha value is -0.120. The summed E-state index contributed by atoms with van der Waals surface area (Å²) in [6.45, 7) is 1.55. The van der Waals surface area contributed by atoms with Crippen molar-refractivity contribution in [2.45, 2.75) is 6.10 Å². The summed E-state index contributed by atoms with van der Waals surface area (Å²) in [6.07, 6.45) is -0.0903. The molecule has 1 saturated heterocycles. The molecule has 3 nitrogen and oxygen atoms in total. The van der Waals surface area contributed by atoms with E-state index in [0.717, 1.165) is 13.1 Å². The first kappa shape index (κ1) is 5.03. The number of nitrogens with zero attached hydrogens (tertiary/aromatic N) is 1. The molecule has 0 aromatic heterocycles. The van der Waals surface area contributed by atoms with E-state index in [9.17, 15) is 0 Å². The minimum atomic E-state index is -0.0903. The lowest BCUT2D eigenvalue weighted by Crippen LogP contribution is -2.55. The van der Waals surface area contributed by atoms with Gasteiger partial charge in [0.25, 0.3) is 0 Å². The molecule has 0 saturated carbocycles. The molecule has 1 aliphatic rings. The van der Waals surface area contributed by atoms with Crippen molar-refractivity contribution >= 4 is 0 Å². The lowest BCUT2D eigenvalue weighted by Gasteiger charge is -2.34. The molecule has 1 rings (SSSR count). The fourth-order valence-corrected chi connectivity index (χ4v) is 0.638. The maximum atomic E-state index is 8.67. The lowest BCUT2D eigenvalue weighted by molar-refractivity contribution is -0.0249. The number of hydrogen-bond acceptors (Lipinski definition) is 3. The van der Waals surface area contributed by atoms with E-state index < -0.39 is 0 Å². The number of hydrogen-bond donors (Lipinski definition) is 2. The van der Waals surface area contributed by atoms with Gasteiger partial charge in [-0.05, 0) is 7.05 Å². The smallest absolute Gasteiger partial charge is 0.0821 e. The van der Waals surface area contributed by atoms with Gasteiger partial charge in [-0.2, -0.15) is 0 Å². The summed E-state index contributed by atoms with van der Waals surface area (Å²) >= 11 is 0. The highest BCUT2D eigenvalue weighted by Crippen LogP contribution is 2.00. The molecule has 1 aliphatic heterocycles. The molecule has 1 fully saturated rings. The largest absolute Gasteiger partial charge is 0.390 e. The van der Waals surface area contributed by atoms with E-state index in [1.165, 1.54) is 0 Å². The quantitative estimate of drug-likeness (QED) is 0.436. The topological polar surface area (TPSA) is 35.5 Å². The van der Waals surface area contributed by atoms with E-state index >= 15 is 0 Å². The van der Waals surface area contributed by atoms with Crippen LogP contribution in [0, 0.1) is 0 Å². The summed E-state index contributed by atoms with van der Waals surface area (Å²) in [7, 11) is 1.85. The number of rotatable bonds is 1. The Bertz CT molecular complexity index is 60.7. The summed E-state index contributed by atoms with van der Waals surface area (Å²) in [5, 5.41) is 10.6. The van der Waals surface area contributed by atoms with Gasteiger partial charge in [0.1, 0.15) is 0 Å². The fourth-order valence-electron chi connectivity index (χ4n) is 0.638. The minimum absolute atomic E-state index is 0.0903. The molecule has 0 atom stereocenters. The third kappa shape index (κ3) is 0.907. The van der Waals surface area contributed by atoms with Crippen molar-refractivity contribution in [2.24, 2.45) is 0 Å². The van der Waals surface area contributed by atoms with Crippen molar-refractivity contribution in [3.05, 3.63) is 0 Å². The van der Waals surface area contributed by atoms with E-state index in [1.54, 1.807) is 0 Å². The fraction of sp³-hybridized carbons (Fsp3) is 1.00. The Kier molecular flexibility index (Phi) is 1.27. The monoisotopic (exact) mass is 102 g/mol. The molecule has 7 heavy (non-hydrogen) atoms. The first-order valence-corrected chi connectivity index (χ1v) is 2.43. The first-order chi connectivity index (χ1) is 3.33. The summed E-state index contributed by atoms with van der Waals surface area (Å²) in [5.74, 6) is 0. The molecule has 3 heteroatoms. The molecule has 1 heterocycles. The Labute approximate surface area is 42.9 Å². The van der Waals surface area contributed by atoms with E-state index in [-0.39, 0.29) is 6.10 Å². The SMILES string of the molecule is CNN1CC(O)C1. The van der Waals surface area contributed by atoms with Crippen LogP contribution in [0.15, 0.2) is 0 Å². The molecular formula is C4H10N2O. The number of β-amino-alcohol motifs (C(OH)–C–C–N with tert-alkyl or cyclic N) is 1. The Morgan fingerprint density at radius 1 is 1.71 bits per heavy atom. The van der Waals surface area contributed by atoms with Crippen molar-refractivity contribution in [3.8, 4) is 0 Å². The zero-order chi connectivity index (χ0) is 5.28. The molecule has 0 aromatic rings. The maximum Gasteiger partial charge on any atom is 0.0821 e. The molecule has 0 aliphatic carbocycles. The van der Waals surface area contributed by atoms with Gasteiger partial charge in [0.15, 0.2) is 0 Å². The Morgan fingerprint density at radius 3 is 2.43 bits per heavy atom. The van der Waals surface area contributed by atoms with Crippen molar-refractivity contribution in [2.75, 3.05) is 20.1 Å². The highest BCUT2D eigenvalue weighted by molar-refractivity contribution is 4.73. The summed E-state index contributed by atoms with van der Waals surface area (Å²) < 4.78 is 0. The number of hydrazine groups is 1. The second-order valence-electron chi connectivity index (χ2n) is 1.78. The van der Waals surface area contributed by atoms with Crippen molar-refractivity contribution in [3.63, 3.8) is 0 Å². The van der Waals surface area contributed by atoms with Gasteiger partial charge in [0, 0.05) is 13.1 Å². The molecule has 0 amide bonds. The van der Waals surface area contributed by atoms with Crippen LogP contribution in [0.1, 0.15) is 0 Å². The second-order valence-corrected chi connectivity index (χ2v) is 1.78. The van der Waals surface area contributed by atoms with E-state index in [2.05, 4.69) is 5.43 Å². The normalized spacial score (nSPS) is 24.9. The zero-order valence-corrected chi connectivity index (χ0v) is 4.39. The van der Waals surface area contributed by atoms with Gasteiger partial charge < -0.3 is 5.11 Å². The van der Waals surface area contributed by atoms with Crippen LogP contribution in [0.4, 0.5) is 0 Å². The third-order valence-corrected chi connectivity index (χ3v) is 1.18. The van der Waals surface area contributed by atoms with Crippen LogP contribution in [0.25, 0.3) is 0 Å². The van der Waals surface area contributed by atoms with Crippen LogP contribution in [0.3, 0.4) is 0 Å². The van der Waals surface area contributed by atoms with Gasteiger partial charge in [-0.25, -0.2) is 5.01 Å². The van der Waals surface area contributed by atoms with E-state index in [0.29, 0.717) is 0 Å². The van der Waals surface area contributed by atoms with Gasteiger partial charge in [-0.1, -0.05) is 0 Å². The van der Waals surface area contributed by atoms with Gasteiger partial charge in [0.2, 0.25) is 0 Å². The van der Waals surface area contributed by atoms with Crippen LogP contribution < -0.4 is 5.43 Å². The molecule has 0 bridgehead atoms. The number of aliphatic hydroxyl groups is 1. The van der Waals surface area contributed by atoms with Crippen molar-refractivity contribution < 1.29 is 5.11 Å². The Balaban J connectivity index is 2.06. The van der Waals surface area contributed by atoms with Crippen molar-refractivity contribution in [1.82, 2.24) is 10.4 Å². The zero-order valence-electron chi connectivity index (χ0n) is 4.39. The van der Waals surface area contributed by atoms with Crippen LogP contribution in [0.2, 0.25) is 0 Å². The Morgan fingerprint density at radius 2 is 2.29 bits per heavy atom. The summed E-state index contributed by atoms with van der Waals surface area (Å²) in [6, 6.07) is 0. The molecule has 0 radical (unpaired) electrons. The van der Waals surface area contributed by atoms with Crippen LogP contribution in [-0.4, -0.2) is 36.4 Å². The number of aliphatic hydroxyl groups excluding tert-OH is 1. The predicted octanol–water partition coefficient (Wildman–Crippen LogP) is -1.20. The van der Waals surface area contributed by atoms with Crippen LogP contribution >= 0.6 is 0 Å². The van der Waals surface area contributed by atoms with Gasteiger partial charge in [0.05, 0.1) is 6.10 Å². The third-order valence-electron chi connectivity index (χ3n) is 1.18. The highest BCUT2D eigenvalue weighted by atomic mass is 16.3. The first-order valence-electron chi connectivity index (χ1n) is 2.43. The number of nitrogens with one attached hydrogen (secondary N) is 1.